The number of thioether (sulfide) groups is 3. The average Bonchev–Trinajstić information content (AvgIpc) is 3.54. The topological polar surface area (TPSA) is 12.5 Å². The van der Waals surface area contributed by atoms with Crippen LogP contribution in [-0.2, 0) is 5.41 Å². The Hall–Kier alpha value is -6.29. The van der Waals surface area contributed by atoms with E-state index in [4.69, 9.17) is 4.74 Å². The van der Waals surface area contributed by atoms with Crippen molar-refractivity contribution in [2.45, 2.75) is 91.1 Å². The number of fused-ring (bicyclic) bond motifs is 11. The summed E-state index contributed by atoms with van der Waals surface area (Å²) in [6, 6.07) is 47.0. The van der Waals surface area contributed by atoms with Crippen molar-refractivity contribution in [1.82, 2.24) is 0 Å². The van der Waals surface area contributed by atoms with Gasteiger partial charge in [0.25, 0.3) is 0 Å². The highest BCUT2D eigenvalue weighted by Crippen LogP contribution is 2.60. The molecule has 0 saturated heterocycles. The molecule has 5 aliphatic carbocycles. The van der Waals surface area contributed by atoms with Gasteiger partial charge < -0.3 is 9.64 Å². The number of rotatable bonds is 6. The zero-order valence-corrected chi connectivity index (χ0v) is 42.8. The fourth-order valence-electron chi connectivity index (χ4n) is 12.1. The molecule has 0 saturated carbocycles. The Balaban J connectivity index is 0.841. The Kier molecular flexibility index (Phi) is 10.4. The lowest BCUT2D eigenvalue weighted by atomic mass is 9.77. The molecule has 13 rings (SSSR count). The summed E-state index contributed by atoms with van der Waals surface area (Å²) in [6.45, 7) is 14.1. The molecule has 7 aliphatic rings. The van der Waals surface area contributed by atoms with Gasteiger partial charge in [0.05, 0.1) is 10.9 Å². The number of ether oxygens (including phenoxy) is 1. The summed E-state index contributed by atoms with van der Waals surface area (Å²) in [6.07, 6.45) is 25.3. The third kappa shape index (κ3) is 6.89. The van der Waals surface area contributed by atoms with Crippen LogP contribution in [0.5, 0.6) is 5.75 Å². The first-order valence-electron chi connectivity index (χ1n) is 24.6. The fraction of sp³-hybridized carbons (Fsp3) is 0.200. The van der Waals surface area contributed by atoms with Gasteiger partial charge in [-0.2, -0.15) is 0 Å². The second-order valence-corrected chi connectivity index (χ2v) is 23.9. The molecule has 5 heteroatoms. The van der Waals surface area contributed by atoms with Crippen LogP contribution in [0.25, 0.3) is 33.0 Å². The summed E-state index contributed by atoms with van der Waals surface area (Å²) < 4.78 is 7.23. The molecule has 2 bridgehead atoms. The lowest BCUT2D eigenvalue weighted by Crippen LogP contribution is -2.26. The van der Waals surface area contributed by atoms with Crippen LogP contribution >= 0.6 is 35.3 Å². The quantitative estimate of drug-likeness (QED) is 0.154. The van der Waals surface area contributed by atoms with Gasteiger partial charge >= 0.3 is 0 Å². The van der Waals surface area contributed by atoms with Crippen LogP contribution in [0, 0.1) is 17.5 Å². The van der Waals surface area contributed by atoms with Crippen molar-refractivity contribution in [3.8, 4) is 28.0 Å². The van der Waals surface area contributed by atoms with E-state index in [1.807, 2.05) is 17.8 Å². The van der Waals surface area contributed by atoms with Crippen molar-refractivity contribution >= 4 is 57.4 Å². The third-order valence-electron chi connectivity index (χ3n) is 15.7. The van der Waals surface area contributed by atoms with Gasteiger partial charge in [0.1, 0.15) is 11.0 Å². The normalized spacial score (nSPS) is 22.0. The van der Waals surface area contributed by atoms with E-state index < -0.39 is 0 Å². The van der Waals surface area contributed by atoms with Gasteiger partial charge in [-0.05, 0) is 119 Å². The van der Waals surface area contributed by atoms with Crippen molar-refractivity contribution in [1.29, 1.82) is 0 Å². The van der Waals surface area contributed by atoms with E-state index in [9.17, 15) is 0 Å². The first-order valence-corrected chi connectivity index (χ1v) is 27.2. The van der Waals surface area contributed by atoms with Gasteiger partial charge in [-0.3, -0.25) is 0 Å². The zero-order chi connectivity index (χ0) is 47.5. The Morgan fingerprint density at radius 2 is 1.63 bits per heavy atom. The minimum Gasteiger partial charge on any atom is -0.479 e. The van der Waals surface area contributed by atoms with E-state index in [1.54, 1.807) is 11.8 Å². The van der Waals surface area contributed by atoms with Crippen LogP contribution in [0.1, 0.15) is 65.5 Å². The summed E-state index contributed by atoms with van der Waals surface area (Å²) in [4.78, 5) is 7.40. The van der Waals surface area contributed by atoms with E-state index in [0.29, 0.717) is 10.5 Å². The van der Waals surface area contributed by atoms with Crippen molar-refractivity contribution < 1.29 is 4.74 Å². The van der Waals surface area contributed by atoms with Crippen LogP contribution < -0.4 is 9.64 Å². The van der Waals surface area contributed by atoms with Crippen molar-refractivity contribution in [2.24, 2.45) is 5.41 Å². The molecular weight excluding hydrogens is 907 g/mol. The van der Waals surface area contributed by atoms with Crippen LogP contribution in [0.3, 0.4) is 0 Å². The highest BCUT2D eigenvalue weighted by atomic mass is 32.2. The van der Waals surface area contributed by atoms with Gasteiger partial charge in [0, 0.05) is 70.3 Å². The molecular formula is C65H53NOS3. The number of anilines is 2. The van der Waals surface area contributed by atoms with Crippen LogP contribution in [-0.4, -0.2) is 16.6 Å². The van der Waals surface area contributed by atoms with Crippen molar-refractivity contribution in [3.05, 3.63) is 237 Å². The Bertz CT molecular complexity index is 3520. The Labute approximate surface area is 426 Å². The first kappa shape index (κ1) is 43.7. The molecule has 0 spiro atoms. The Morgan fingerprint density at radius 3 is 2.51 bits per heavy atom. The van der Waals surface area contributed by atoms with E-state index in [2.05, 4.69) is 234 Å². The predicted octanol–water partition coefficient (Wildman–Crippen LogP) is 17.8. The highest BCUT2D eigenvalue weighted by molar-refractivity contribution is 8.07. The van der Waals surface area contributed by atoms with Gasteiger partial charge in [0.15, 0.2) is 5.75 Å². The minimum absolute atomic E-state index is 0.0197. The summed E-state index contributed by atoms with van der Waals surface area (Å²) in [7, 11) is 0. The third-order valence-corrected chi connectivity index (χ3v) is 19.7. The largest absolute Gasteiger partial charge is 0.479 e. The van der Waals surface area contributed by atoms with Crippen LogP contribution in [0.15, 0.2) is 229 Å². The number of hydrogen-bond donors (Lipinski definition) is 0. The predicted molar refractivity (Wildman–Crippen MR) is 297 cm³/mol. The second kappa shape index (κ2) is 16.7. The molecule has 0 radical (unpaired) electrons. The lowest BCUT2D eigenvalue weighted by Gasteiger charge is -2.35. The summed E-state index contributed by atoms with van der Waals surface area (Å²) in [5, 5.41) is 3.09. The SMILES string of the molecule is C/C(=C\C=C(/C)N(c1ccc(-c2cc#cc3c2OC2C=C(C=CC4=C2C2=C(CCC=C2)C4(C)C)S3)cc1)c1cccc2ccccc12)C1=CC=CC2Sc3ccc4c(c3SC12)-c1ccccc1C4(C)C. The van der Waals surface area contributed by atoms with Gasteiger partial charge in [-0.1, -0.05) is 179 Å². The molecule has 0 aromatic heterocycles. The van der Waals surface area contributed by atoms with E-state index in [1.165, 1.54) is 81.2 Å². The summed E-state index contributed by atoms with van der Waals surface area (Å²) in [5.74, 6) is 0.870. The van der Waals surface area contributed by atoms with Gasteiger partial charge in [-0.15, -0.1) is 23.5 Å². The molecule has 3 atom stereocenters. The molecule has 2 nitrogen and oxygen atoms in total. The van der Waals surface area contributed by atoms with Gasteiger partial charge in [0.2, 0.25) is 0 Å². The molecule has 2 aliphatic heterocycles. The smallest absolute Gasteiger partial charge is 0.151 e. The molecule has 0 amide bonds. The molecule has 70 heavy (non-hydrogen) atoms. The fourth-order valence-corrected chi connectivity index (χ4v) is 16.1. The van der Waals surface area contributed by atoms with Crippen LogP contribution in [0.2, 0.25) is 0 Å². The highest BCUT2D eigenvalue weighted by Gasteiger charge is 2.44. The molecule has 6 aromatic rings. The first-order chi connectivity index (χ1) is 34.0. The average molecular weight is 960 g/mol. The maximum absolute atomic E-state index is 7.23. The van der Waals surface area contributed by atoms with Crippen molar-refractivity contribution in [3.63, 3.8) is 0 Å². The minimum atomic E-state index is -0.202. The monoisotopic (exact) mass is 959 g/mol. The molecule has 6 aromatic carbocycles. The summed E-state index contributed by atoms with van der Waals surface area (Å²) in [5.41, 5.74) is 19.4. The molecule has 2 heterocycles. The number of benzene rings is 5. The number of nitrogens with zero attached hydrogens (tertiary/aromatic N) is 1. The number of allylic oxidation sites excluding steroid dienone is 12. The van der Waals surface area contributed by atoms with Gasteiger partial charge in [-0.25, -0.2) is 0 Å². The van der Waals surface area contributed by atoms with E-state index in [-0.39, 0.29) is 16.9 Å². The van der Waals surface area contributed by atoms with Crippen molar-refractivity contribution in [2.75, 3.05) is 4.90 Å². The lowest BCUT2D eigenvalue weighted by molar-refractivity contribution is 0.281. The Morgan fingerprint density at radius 1 is 0.800 bits per heavy atom. The molecule has 342 valence electrons. The van der Waals surface area contributed by atoms with E-state index >= 15 is 0 Å². The summed E-state index contributed by atoms with van der Waals surface area (Å²) >= 11 is 5.82. The maximum atomic E-state index is 7.23. The molecule has 0 N–H and O–H groups in total. The second-order valence-electron chi connectivity index (χ2n) is 20.5. The molecule has 3 unspecified atom stereocenters. The zero-order valence-electron chi connectivity index (χ0n) is 40.4. The standard InChI is InChI=1S/C65H53NOS3/c1-39(45-21-14-27-57-62(45)70-63-58(69-57)37-36-53-60(63)49-20-10-12-24-51(49)65(53,5)6)28-29-40(2)66(54-25-13-17-41-16-7-8-18-46(41)54)43-32-30-42(31-33-43)47-22-15-26-56-61(47)67-55-38-44(68-56)34-35-52-59(55)48-19-9-11-23-50(48)64(52,3)4/h7-10,12-14,16-22,24-25,27-38,55,57,62H,11,23H2,1-6H3/b39-28+,40-29+. The maximum Gasteiger partial charge on any atom is 0.151 e. The number of hydrogen-bond acceptors (Lipinski definition) is 5. The molecule has 0 fully saturated rings. The van der Waals surface area contributed by atoms with E-state index in [0.717, 1.165) is 51.7 Å². The van der Waals surface area contributed by atoms with Crippen LogP contribution in [0.4, 0.5) is 11.4 Å².